The van der Waals surface area contributed by atoms with Crippen LogP contribution >= 0.6 is 0 Å². The molecule has 0 spiro atoms. The van der Waals surface area contributed by atoms with Gasteiger partial charge in [0.25, 0.3) is 5.95 Å². The van der Waals surface area contributed by atoms with Crippen LogP contribution in [0.25, 0.3) is 11.3 Å². The van der Waals surface area contributed by atoms with Gasteiger partial charge in [-0.1, -0.05) is 22.0 Å². The van der Waals surface area contributed by atoms with Crippen LogP contribution in [0.15, 0.2) is 45.9 Å². The number of nitrogens with two attached hydrogens (primary N) is 1. The first-order valence-electron chi connectivity index (χ1n) is 6.15. The quantitative estimate of drug-likeness (QED) is 0.689. The summed E-state index contributed by atoms with van der Waals surface area (Å²) in [5.74, 6) is 0.0291. The number of carboxylic acid groups (broad SMARTS) is 1. The van der Waals surface area contributed by atoms with Gasteiger partial charge in [0, 0.05) is 5.56 Å². The molecule has 0 aliphatic rings. The maximum Gasteiger partial charge on any atom is 0.335 e. The topological polar surface area (TPSA) is 132 Å². The van der Waals surface area contributed by atoms with E-state index in [1.54, 1.807) is 24.3 Å². The Labute approximate surface area is 123 Å². The summed E-state index contributed by atoms with van der Waals surface area (Å²) in [5.41, 5.74) is 6.31. The second kappa shape index (κ2) is 5.48. The van der Waals surface area contributed by atoms with Gasteiger partial charge in [-0.05, 0) is 34.7 Å². The smallest absolute Gasteiger partial charge is 0.335 e. The van der Waals surface area contributed by atoms with Crippen molar-refractivity contribution < 1.29 is 14.3 Å². The van der Waals surface area contributed by atoms with Crippen LogP contribution in [0.4, 0.5) is 5.95 Å². The second-order valence-corrected chi connectivity index (χ2v) is 4.26. The van der Waals surface area contributed by atoms with Gasteiger partial charge in [0.05, 0.1) is 11.8 Å². The number of nitrogen functional groups attached to an aromatic ring is 1. The molecule has 1 aromatic carbocycles. The number of nitrogens with zero attached hydrogens (tertiary/aromatic N) is 5. The van der Waals surface area contributed by atoms with Crippen molar-refractivity contribution in [3.63, 3.8) is 0 Å². The van der Waals surface area contributed by atoms with E-state index in [9.17, 15) is 4.79 Å². The van der Waals surface area contributed by atoms with Gasteiger partial charge in [-0.2, -0.15) is 5.10 Å². The Morgan fingerprint density at radius 1 is 1.36 bits per heavy atom. The molecule has 0 aliphatic heterocycles. The van der Waals surface area contributed by atoms with E-state index in [1.807, 2.05) is 0 Å². The van der Waals surface area contributed by atoms with Crippen LogP contribution in [-0.4, -0.2) is 37.6 Å². The first kappa shape index (κ1) is 13.5. The van der Waals surface area contributed by atoms with Gasteiger partial charge in [-0.15, -0.1) is 0 Å². The van der Waals surface area contributed by atoms with Crippen molar-refractivity contribution in [1.82, 2.24) is 20.3 Å². The summed E-state index contributed by atoms with van der Waals surface area (Å²) in [6.45, 7) is 0. The molecule has 0 saturated heterocycles. The molecule has 0 fully saturated rings. The summed E-state index contributed by atoms with van der Waals surface area (Å²) < 4.78 is 5.58. The Balaban J connectivity index is 1.85. The van der Waals surface area contributed by atoms with Crippen LogP contribution in [0.1, 0.15) is 16.1 Å². The molecule has 3 N–H and O–H groups in total. The Kier molecular flexibility index (Phi) is 3.36. The first-order valence-corrected chi connectivity index (χ1v) is 6.15. The normalized spacial score (nSPS) is 11.1. The molecule has 0 saturated carbocycles. The summed E-state index contributed by atoms with van der Waals surface area (Å²) in [7, 11) is 0. The third kappa shape index (κ3) is 2.68. The van der Waals surface area contributed by atoms with Crippen LogP contribution in [0.3, 0.4) is 0 Å². The number of furan rings is 1. The summed E-state index contributed by atoms with van der Waals surface area (Å²) in [6, 6.07) is 9.85. The number of carbonyl (C=O) groups is 1. The van der Waals surface area contributed by atoms with Gasteiger partial charge in [0.2, 0.25) is 0 Å². The zero-order chi connectivity index (χ0) is 15.5. The largest absolute Gasteiger partial charge is 0.478 e. The number of tetrazole rings is 1. The molecule has 110 valence electrons. The fourth-order valence-electron chi connectivity index (χ4n) is 1.77. The summed E-state index contributed by atoms with van der Waals surface area (Å²) in [6.07, 6.45) is 1.40. The highest BCUT2D eigenvalue weighted by atomic mass is 16.4. The van der Waals surface area contributed by atoms with Crippen molar-refractivity contribution in [2.75, 3.05) is 5.73 Å². The first-order chi connectivity index (χ1) is 10.6. The fourth-order valence-corrected chi connectivity index (χ4v) is 1.77. The molecule has 0 unspecified atom stereocenters. The molecular formula is C13H10N6O3. The zero-order valence-electron chi connectivity index (χ0n) is 11.1. The highest BCUT2D eigenvalue weighted by Crippen LogP contribution is 2.22. The van der Waals surface area contributed by atoms with Gasteiger partial charge in [-0.3, -0.25) is 0 Å². The van der Waals surface area contributed by atoms with Gasteiger partial charge in [0.1, 0.15) is 11.5 Å². The lowest BCUT2D eigenvalue weighted by Crippen LogP contribution is -1.99. The minimum atomic E-state index is -0.996. The second-order valence-electron chi connectivity index (χ2n) is 4.26. The highest BCUT2D eigenvalue weighted by Gasteiger charge is 2.08. The fraction of sp³-hybridized carbons (Fsp3) is 0. The van der Waals surface area contributed by atoms with E-state index in [4.69, 9.17) is 15.3 Å². The van der Waals surface area contributed by atoms with Crippen molar-refractivity contribution in [1.29, 1.82) is 0 Å². The number of benzene rings is 1. The molecule has 22 heavy (non-hydrogen) atoms. The molecule has 2 heterocycles. The van der Waals surface area contributed by atoms with Crippen LogP contribution in [0.5, 0.6) is 0 Å². The van der Waals surface area contributed by atoms with Crippen molar-refractivity contribution in [2.45, 2.75) is 0 Å². The number of carboxylic acids is 1. The Morgan fingerprint density at radius 2 is 2.23 bits per heavy atom. The predicted octanol–water partition coefficient (Wildman–Crippen LogP) is 1.10. The lowest BCUT2D eigenvalue weighted by atomic mass is 10.1. The number of hydrogen-bond donors (Lipinski definition) is 2. The van der Waals surface area contributed by atoms with E-state index in [-0.39, 0.29) is 11.5 Å². The third-order valence-corrected chi connectivity index (χ3v) is 2.79. The maximum absolute atomic E-state index is 11.0. The number of aromatic carboxylic acids is 1. The molecule has 9 nitrogen and oxygen atoms in total. The van der Waals surface area contributed by atoms with Gasteiger partial charge >= 0.3 is 5.97 Å². The summed E-state index contributed by atoms with van der Waals surface area (Å²) >= 11 is 0. The van der Waals surface area contributed by atoms with E-state index < -0.39 is 5.97 Å². The minimum absolute atomic E-state index is 0.0530. The van der Waals surface area contributed by atoms with Gasteiger partial charge in [-0.25, -0.2) is 4.79 Å². The molecule has 2 aromatic heterocycles. The Morgan fingerprint density at radius 3 is 2.95 bits per heavy atom. The summed E-state index contributed by atoms with van der Waals surface area (Å²) in [5, 5.41) is 23.3. The molecule has 0 atom stereocenters. The van der Waals surface area contributed by atoms with Crippen molar-refractivity contribution in [2.24, 2.45) is 5.10 Å². The number of aromatic nitrogens is 4. The SMILES string of the molecule is Nc1nnnn1/N=C\c1ccc(-c2cccc(C(=O)O)c2)o1. The van der Waals surface area contributed by atoms with Crippen LogP contribution in [0.2, 0.25) is 0 Å². The molecule has 3 aromatic rings. The van der Waals surface area contributed by atoms with Gasteiger partial charge in [0.15, 0.2) is 0 Å². The minimum Gasteiger partial charge on any atom is -0.478 e. The number of hydrogen-bond acceptors (Lipinski definition) is 7. The van der Waals surface area contributed by atoms with E-state index in [0.717, 1.165) is 4.79 Å². The molecule has 3 rings (SSSR count). The standard InChI is InChI=1S/C13H10N6O3/c14-13-16-17-18-19(13)15-7-10-4-5-11(22-10)8-2-1-3-9(6-8)12(20)21/h1-7H,(H,20,21)(H2,14,16,18)/b15-7-. The highest BCUT2D eigenvalue weighted by molar-refractivity contribution is 5.89. The van der Waals surface area contributed by atoms with Crippen molar-refractivity contribution in [3.05, 3.63) is 47.7 Å². The molecular weight excluding hydrogens is 288 g/mol. The Hall–Kier alpha value is -3.49. The van der Waals surface area contributed by atoms with Gasteiger partial charge < -0.3 is 15.3 Å². The molecule has 0 amide bonds. The van der Waals surface area contributed by atoms with Crippen LogP contribution in [0, 0.1) is 0 Å². The summed E-state index contributed by atoms with van der Waals surface area (Å²) in [4.78, 5) is 12.0. The van der Waals surface area contributed by atoms with Crippen LogP contribution < -0.4 is 5.73 Å². The van der Waals surface area contributed by atoms with E-state index >= 15 is 0 Å². The van der Waals surface area contributed by atoms with E-state index in [0.29, 0.717) is 17.1 Å². The number of anilines is 1. The third-order valence-electron chi connectivity index (χ3n) is 2.79. The van der Waals surface area contributed by atoms with E-state index in [1.165, 1.54) is 18.3 Å². The maximum atomic E-state index is 11.0. The number of rotatable bonds is 4. The molecule has 0 bridgehead atoms. The molecule has 9 heteroatoms. The van der Waals surface area contributed by atoms with Crippen LogP contribution in [-0.2, 0) is 0 Å². The lowest BCUT2D eigenvalue weighted by Gasteiger charge is -1.98. The molecule has 0 radical (unpaired) electrons. The monoisotopic (exact) mass is 298 g/mol. The predicted molar refractivity (Wildman–Crippen MR) is 76.3 cm³/mol. The van der Waals surface area contributed by atoms with Crippen molar-refractivity contribution in [3.8, 4) is 11.3 Å². The average molecular weight is 298 g/mol. The zero-order valence-corrected chi connectivity index (χ0v) is 11.1. The lowest BCUT2D eigenvalue weighted by molar-refractivity contribution is 0.0697. The average Bonchev–Trinajstić information content (AvgIpc) is 3.14. The molecule has 0 aliphatic carbocycles. The van der Waals surface area contributed by atoms with E-state index in [2.05, 4.69) is 20.6 Å². The van der Waals surface area contributed by atoms with Crippen molar-refractivity contribution >= 4 is 18.1 Å². The Bertz CT molecular complexity index is 851.